The van der Waals surface area contributed by atoms with Crippen molar-refractivity contribution in [3.8, 4) is 0 Å². The van der Waals surface area contributed by atoms with Gasteiger partial charge in [-0.15, -0.1) is 0 Å². The van der Waals surface area contributed by atoms with Crippen LogP contribution in [0.25, 0.3) is 11.1 Å². The Kier molecular flexibility index (Phi) is 3.10. The van der Waals surface area contributed by atoms with E-state index in [0.29, 0.717) is 16.8 Å². The Bertz CT molecular complexity index is 639. The van der Waals surface area contributed by atoms with Crippen LogP contribution in [0.5, 0.6) is 0 Å². The molecule has 0 fully saturated rings. The molecule has 2 aromatic rings. The number of nitrogen functional groups attached to an aromatic ring is 1. The molecule has 96 valence electrons. The molecule has 1 heterocycles. The summed E-state index contributed by atoms with van der Waals surface area (Å²) < 4.78 is 11.2. The first-order valence-corrected chi connectivity index (χ1v) is 5.55. The number of benzene rings is 1. The maximum atomic E-state index is 11.6. The van der Waals surface area contributed by atoms with Gasteiger partial charge >= 0.3 is 11.7 Å². The van der Waals surface area contributed by atoms with Crippen LogP contribution in [0.4, 0.5) is 5.69 Å². The van der Waals surface area contributed by atoms with Crippen LogP contribution in [-0.4, -0.2) is 16.6 Å². The Hall–Kier alpha value is -2.24. The SMILES string of the molecule is CC(C)OC(=O)Cn1c(=O)oc2ccc(N)cc21. The second-order valence-electron chi connectivity index (χ2n) is 4.22. The number of oxazole rings is 1. The maximum Gasteiger partial charge on any atom is 0.420 e. The van der Waals surface area contributed by atoms with Crippen molar-refractivity contribution >= 4 is 22.8 Å². The average Bonchev–Trinajstić information content (AvgIpc) is 2.55. The van der Waals surface area contributed by atoms with Crippen LogP contribution in [-0.2, 0) is 16.1 Å². The Morgan fingerprint density at radius 3 is 2.89 bits per heavy atom. The molecule has 2 rings (SSSR count). The molecule has 0 atom stereocenters. The Balaban J connectivity index is 2.38. The van der Waals surface area contributed by atoms with Gasteiger partial charge in [-0.05, 0) is 32.0 Å². The van der Waals surface area contributed by atoms with Crippen molar-refractivity contribution in [3.63, 3.8) is 0 Å². The van der Waals surface area contributed by atoms with Crippen LogP contribution in [0.2, 0.25) is 0 Å². The molecule has 6 heteroatoms. The lowest BCUT2D eigenvalue weighted by Crippen LogP contribution is -2.23. The van der Waals surface area contributed by atoms with Gasteiger partial charge in [0.15, 0.2) is 5.58 Å². The molecule has 0 aliphatic heterocycles. The molecule has 2 N–H and O–H groups in total. The van der Waals surface area contributed by atoms with Gasteiger partial charge in [0.1, 0.15) is 6.54 Å². The summed E-state index contributed by atoms with van der Waals surface area (Å²) in [6.45, 7) is 3.30. The maximum absolute atomic E-state index is 11.6. The van der Waals surface area contributed by atoms with Crippen molar-refractivity contribution in [1.29, 1.82) is 0 Å². The van der Waals surface area contributed by atoms with Gasteiger partial charge in [-0.25, -0.2) is 4.79 Å². The zero-order valence-electron chi connectivity index (χ0n) is 10.2. The van der Waals surface area contributed by atoms with E-state index in [2.05, 4.69) is 0 Å². The Labute approximate surface area is 103 Å². The third-order valence-corrected chi connectivity index (χ3v) is 2.35. The quantitative estimate of drug-likeness (QED) is 0.651. The zero-order valence-corrected chi connectivity index (χ0v) is 10.2. The molecule has 0 saturated carbocycles. The summed E-state index contributed by atoms with van der Waals surface area (Å²) in [5.74, 6) is -1.09. The average molecular weight is 250 g/mol. The fourth-order valence-electron chi connectivity index (χ4n) is 1.66. The number of hydrogen-bond donors (Lipinski definition) is 1. The number of carbonyl (C=O) groups is 1. The third kappa shape index (κ3) is 2.37. The van der Waals surface area contributed by atoms with E-state index in [1.165, 1.54) is 4.57 Å². The van der Waals surface area contributed by atoms with Gasteiger partial charge in [-0.3, -0.25) is 9.36 Å². The lowest BCUT2D eigenvalue weighted by atomic mass is 10.3. The largest absolute Gasteiger partial charge is 0.462 e. The second kappa shape index (κ2) is 4.56. The zero-order chi connectivity index (χ0) is 13.3. The number of rotatable bonds is 3. The van der Waals surface area contributed by atoms with E-state index in [9.17, 15) is 9.59 Å². The number of carbonyl (C=O) groups excluding carboxylic acids is 1. The number of anilines is 1. The van der Waals surface area contributed by atoms with Gasteiger partial charge in [-0.2, -0.15) is 0 Å². The molecule has 18 heavy (non-hydrogen) atoms. The molecule has 0 radical (unpaired) electrons. The highest BCUT2D eigenvalue weighted by Gasteiger charge is 2.14. The first-order valence-electron chi connectivity index (χ1n) is 5.55. The van der Waals surface area contributed by atoms with Gasteiger partial charge in [0.2, 0.25) is 0 Å². The minimum absolute atomic E-state index is 0.187. The number of nitrogens with zero attached hydrogens (tertiary/aromatic N) is 1. The summed E-state index contributed by atoms with van der Waals surface area (Å²) in [5, 5.41) is 0. The summed E-state index contributed by atoms with van der Waals surface area (Å²) in [5.41, 5.74) is 7.02. The molecule has 0 aliphatic rings. The summed E-state index contributed by atoms with van der Waals surface area (Å²) in [4.78, 5) is 23.2. The van der Waals surface area contributed by atoms with Crippen LogP contribution in [0.15, 0.2) is 27.4 Å². The van der Waals surface area contributed by atoms with Crippen molar-refractivity contribution < 1.29 is 13.9 Å². The van der Waals surface area contributed by atoms with E-state index < -0.39 is 11.7 Å². The summed E-state index contributed by atoms with van der Waals surface area (Å²) >= 11 is 0. The van der Waals surface area contributed by atoms with E-state index in [1.807, 2.05) is 0 Å². The summed E-state index contributed by atoms with van der Waals surface area (Å²) in [6, 6.07) is 4.81. The van der Waals surface area contributed by atoms with Crippen molar-refractivity contribution in [1.82, 2.24) is 4.57 Å². The minimum Gasteiger partial charge on any atom is -0.462 e. The molecule has 0 aliphatic carbocycles. The number of nitrogens with two attached hydrogens (primary N) is 1. The van der Waals surface area contributed by atoms with E-state index in [4.69, 9.17) is 14.9 Å². The molecule has 0 spiro atoms. The Morgan fingerprint density at radius 2 is 2.22 bits per heavy atom. The first kappa shape index (κ1) is 12.2. The van der Waals surface area contributed by atoms with Crippen LogP contribution >= 0.6 is 0 Å². The molecule has 0 amide bonds. The molecule has 1 aromatic carbocycles. The van der Waals surface area contributed by atoms with Crippen LogP contribution in [0.3, 0.4) is 0 Å². The molecule has 1 aromatic heterocycles. The van der Waals surface area contributed by atoms with Crippen LogP contribution in [0, 0.1) is 0 Å². The van der Waals surface area contributed by atoms with Crippen molar-refractivity contribution in [2.24, 2.45) is 0 Å². The van der Waals surface area contributed by atoms with E-state index >= 15 is 0 Å². The minimum atomic E-state index is -0.601. The van der Waals surface area contributed by atoms with Crippen LogP contribution < -0.4 is 11.5 Å². The van der Waals surface area contributed by atoms with Crippen molar-refractivity contribution in [3.05, 3.63) is 28.7 Å². The van der Waals surface area contributed by atoms with Gasteiger partial charge in [-0.1, -0.05) is 0 Å². The summed E-state index contributed by atoms with van der Waals surface area (Å²) in [7, 11) is 0. The highest BCUT2D eigenvalue weighted by atomic mass is 16.5. The second-order valence-corrected chi connectivity index (χ2v) is 4.22. The number of fused-ring (bicyclic) bond motifs is 1. The molecular weight excluding hydrogens is 236 g/mol. The van der Waals surface area contributed by atoms with Gasteiger partial charge in [0.25, 0.3) is 0 Å². The standard InChI is InChI=1S/C12H14N2O4/c1-7(2)17-11(15)6-14-9-5-8(13)3-4-10(9)18-12(14)16/h3-5,7H,6,13H2,1-2H3. The van der Waals surface area contributed by atoms with E-state index in [1.54, 1.807) is 32.0 Å². The lowest BCUT2D eigenvalue weighted by molar-refractivity contribution is -0.148. The first-order chi connectivity index (χ1) is 8.47. The van der Waals surface area contributed by atoms with E-state index in [-0.39, 0.29) is 12.6 Å². The molecule has 0 unspecified atom stereocenters. The van der Waals surface area contributed by atoms with Gasteiger partial charge in [0.05, 0.1) is 11.6 Å². The summed E-state index contributed by atoms with van der Waals surface area (Å²) in [6.07, 6.45) is -0.226. The number of aromatic nitrogens is 1. The monoisotopic (exact) mass is 250 g/mol. The fourth-order valence-corrected chi connectivity index (χ4v) is 1.66. The van der Waals surface area contributed by atoms with E-state index in [0.717, 1.165) is 0 Å². The highest BCUT2D eigenvalue weighted by Crippen LogP contribution is 2.16. The predicted octanol–water partition coefficient (Wildman–Crippen LogP) is 1.13. The molecular formula is C12H14N2O4. The topological polar surface area (TPSA) is 87.5 Å². The number of ether oxygens (including phenoxy) is 1. The lowest BCUT2D eigenvalue weighted by Gasteiger charge is -2.07. The fraction of sp³-hybridized carbons (Fsp3) is 0.333. The Morgan fingerprint density at radius 1 is 1.50 bits per heavy atom. The number of hydrogen-bond acceptors (Lipinski definition) is 5. The molecule has 6 nitrogen and oxygen atoms in total. The molecule has 0 saturated heterocycles. The van der Waals surface area contributed by atoms with Crippen LogP contribution in [0.1, 0.15) is 13.8 Å². The van der Waals surface area contributed by atoms with Gasteiger partial charge < -0.3 is 14.9 Å². The highest BCUT2D eigenvalue weighted by molar-refractivity contribution is 5.79. The predicted molar refractivity (Wildman–Crippen MR) is 66.1 cm³/mol. The normalized spacial score (nSPS) is 11.1. The van der Waals surface area contributed by atoms with Crippen molar-refractivity contribution in [2.45, 2.75) is 26.5 Å². The smallest absolute Gasteiger partial charge is 0.420 e. The number of esters is 1. The third-order valence-electron chi connectivity index (χ3n) is 2.35. The molecule has 0 bridgehead atoms. The van der Waals surface area contributed by atoms with Gasteiger partial charge in [0, 0.05) is 5.69 Å². The van der Waals surface area contributed by atoms with Crippen molar-refractivity contribution in [2.75, 3.05) is 5.73 Å².